The molecule has 120 valence electrons. The molecule has 4 nitrogen and oxygen atoms in total. The summed E-state index contributed by atoms with van der Waals surface area (Å²) in [5.41, 5.74) is 2.67. The molecule has 1 amide bonds. The van der Waals surface area contributed by atoms with Gasteiger partial charge in [0.25, 0.3) is 0 Å². The smallest absolute Gasteiger partial charge is 0.228 e. The van der Waals surface area contributed by atoms with E-state index >= 15 is 0 Å². The van der Waals surface area contributed by atoms with Crippen LogP contribution in [0.15, 0.2) is 67.0 Å². The molecule has 0 saturated heterocycles. The highest BCUT2D eigenvalue weighted by atomic mass is 35.5. The van der Waals surface area contributed by atoms with Gasteiger partial charge in [-0.2, -0.15) is 5.10 Å². The number of nitrogens with one attached hydrogen (secondary N) is 1. The lowest BCUT2D eigenvalue weighted by Gasteiger charge is -2.11. The monoisotopic (exact) mass is 337 g/mol. The summed E-state index contributed by atoms with van der Waals surface area (Å²) in [5.74, 6) is 0.200. The highest BCUT2D eigenvalue weighted by Gasteiger charge is 2.44. The van der Waals surface area contributed by atoms with Gasteiger partial charge in [0.1, 0.15) is 0 Å². The third kappa shape index (κ3) is 2.81. The van der Waals surface area contributed by atoms with Crippen molar-refractivity contribution >= 4 is 23.2 Å². The molecule has 5 heteroatoms. The van der Waals surface area contributed by atoms with Crippen LogP contribution in [-0.4, -0.2) is 15.7 Å². The average molecular weight is 338 g/mol. The third-order valence-electron chi connectivity index (χ3n) is 4.35. The van der Waals surface area contributed by atoms with Crippen LogP contribution in [0.4, 0.5) is 5.69 Å². The molecule has 1 N–H and O–H groups in total. The predicted molar refractivity (Wildman–Crippen MR) is 94.5 cm³/mol. The van der Waals surface area contributed by atoms with E-state index in [0.717, 1.165) is 28.4 Å². The first-order valence-electron chi connectivity index (χ1n) is 7.88. The van der Waals surface area contributed by atoms with E-state index in [4.69, 9.17) is 11.6 Å². The molecule has 4 rings (SSSR count). The van der Waals surface area contributed by atoms with E-state index in [-0.39, 0.29) is 17.7 Å². The number of halogens is 1. The Bertz CT molecular complexity index is 876. The Balaban J connectivity index is 1.52. The quantitative estimate of drug-likeness (QED) is 0.773. The van der Waals surface area contributed by atoms with Crippen LogP contribution in [0.5, 0.6) is 0 Å². The zero-order valence-corrected chi connectivity index (χ0v) is 13.6. The largest absolute Gasteiger partial charge is 0.324 e. The van der Waals surface area contributed by atoms with Gasteiger partial charge >= 0.3 is 0 Å². The topological polar surface area (TPSA) is 46.9 Å². The fourth-order valence-electron chi connectivity index (χ4n) is 3.02. The van der Waals surface area contributed by atoms with Crippen LogP contribution in [0.3, 0.4) is 0 Å². The number of amides is 1. The van der Waals surface area contributed by atoms with E-state index in [1.165, 1.54) is 0 Å². The highest BCUT2D eigenvalue weighted by Crippen LogP contribution is 2.50. The van der Waals surface area contributed by atoms with Crippen molar-refractivity contribution in [2.75, 3.05) is 5.32 Å². The van der Waals surface area contributed by atoms with Crippen molar-refractivity contribution in [2.45, 2.75) is 12.3 Å². The maximum Gasteiger partial charge on any atom is 0.228 e. The van der Waals surface area contributed by atoms with Gasteiger partial charge < -0.3 is 5.32 Å². The van der Waals surface area contributed by atoms with Gasteiger partial charge in [0, 0.05) is 23.3 Å². The molecule has 1 aliphatic carbocycles. The summed E-state index contributed by atoms with van der Waals surface area (Å²) in [4.78, 5) is 12.6. The number of aromatic nitrogens is 2. The van der Waals surface area contributed by atoms with Crippen molar-refractivity contribution in [2.24, 2.45) is 5.92 Å². The second kappa shape index (κ2) is 6.13. The molecule has 0 bridgehead atoms. The Labute approximate surface area is 145 Å². The molecule has 0 spiro atoms. The van der Waals surface area contributed by atoms with E-state index in [1.807, 2.05) is 60.8 Å². The van der Waals surface area contributed by atoms with Crippen molar-refractivity contribution in [3.63, 3.8) is 0 Å². The molecular formula is C19H16ClN3O. The molecular weight excluding hydrogens is 322 g/mol. The fraction of sp³-hybridized carbons (Fsp3) is 0.158. The standard InChI is InChI=1S/C19H16ClN3O/c20-16-7-2-1-6-13(16)14-12-15(14)19(24)22-17-8-3-4-9-18(17)23-11-5-10-21-23/h1-11,14-15H,12H2,(H,22,24). The van der Waals surface area contributed by atoms with Crippen LogP contribution >= 0.6 is 11.6 Å². The minimum absolute atomic E-state index is 0.0273. The minimum Gasteiger partial charge on any atom is -0.324 e. The third-order valence-corrected chi connectivity index (χ3v) is 4.69. The van der Waals surface area contributed by atoms with Crippen molar-refractivity contribution in [1.82, 2.24) is 9.78 Å². The molecule has 2 unspecified atom stereocenters. The number of hydrogen-bond acceptors (Lipinski definition) is 2. The zero-order chi connectivity index (χ0) is 16.5. The van der Waals surface area contributed by atoms with E-state index in [2.05, 4.69) is 10.4 Å². The first-order valence-corrected chi connectivity index (χ1v) is 8.26. The normalized spacial score (nSPS) is 19.0. The lowest BCUT2D eigenvalue weighted by molar-refractivity contribution is -0.117. The Morgan fingerprint density at radius 1 is 1.12 bits per heavy atom. The molecule has 1 fully saturated rings. The summed E-state index contributed by atoms with van der Waals surface area (Å²) in [7, 11) is 0. The SMILES string of the molecule is O=C(Nc1ccccc1-n1cccn1)C1CC1c1ccccc1Cl. The summed E-state index contributed by atoms with van der Waals surface area (Å²) in [6.07, 6.45) is 4.40. The van der Waals surface area contributed by atoms with E-state index < -0.39 is 0 Å². The maximum absolute atomic E-state index is 12.6. The number of benzene rings is 2. The molecule has 0 radical (unpaired) electrons. The predicted octanol–water partition coefficient (Wildman–Crippen LogP) is 4.27. The van der Waals surface area contributed by atoms with Gasteiger partial charge in [0.2, 0.25) is 5.91 Å². The molecule has 1 aliphatic rings. The van der Waals surface area contributed by atoms with Gasteiger partial charge in [-0.05, 0) is 42.2 Å². The number of carbonyl (C=O) groups is 1. The second-order valence-corrected chi connectivity index (χ2v) is 6.33. The van der Waals surface area contributed by atoms with Crippen molar-refractivity contribution < 1.29 is 4.79 Å². The van der Waals surface area contributed by atoms with Crippen LogP contribution in [0.2, 0.25) is 5.02 Å². The van der Waals surface area contributed by atoms with Crippen LogP contribution in [0.1, 0.15) is 17.9 Å². The number of para-hydroxylation sites is 2. The fourth-order valence-corrected chi connectivity index (χ4v) is 3.30. The Hall–Kier alpha value is -2.59. The Morgan fingerprint density at radius 3 is 2.71 bits per heavy atom. The van der Waals surface area contributed by atoms with Crippen LogP contribution < -0.4 is 5.32 Å². The van der Waals surface area contributed by atoms with Crippen LogP contribution in [0.25, 0.3) is 5.69 Å². The summed E-state index contributed by atoms with van der Waals surface area (Å²) in [5, 5.41) is 8.01. The summed E-state index contributed by atoms with van der Waals surface area (Å²) in [6.45, 7) is 0. The number of rotatable bonds is 4. The molecule has 1 saturated carbocycles. The molecule has 24 heavy (non-hydrogen) atoms. The second-order valence-electron chi connectivity index (χ2n) is 5.93. The number of carbonyl (C=O) groups excluding carboxylic acids is 1. The van der Waals surface area contributed by atoms with Gasteiger partial charge in [0.15, 0.2) is 0 Å². The molecule has 3 aromatic rings. The average Bonchev–Trinajstić information content (AvgIpc) is 3.20. The number of nitrogens with zero attached hydrogens (tertiary/aromatic N) is 2. The Morgan fingerprint density at radius 2 is 1.92 bits per heavy atom. The van der Waals surface area contributed by atoms with Crippen molar-refractivity contribution in [1.29, 1.82) is 0 Å². The number of anilines is 1. The van der Waals surface area contributed by atoms with Crippen LogP contribution in [0, 0.1) is 5.92 Å². The van der Waals surface area contributed by atoms with Crippen LogP contribution in [-0.2, 0) is 4.79 Å². The first-order chi connectivity index (χ1) is 11.7. The van der Waals surface area contributed by atoms with E-state index in [9.17, 15) is 4.79 Å². The van der Waals surface area contributed by atoms with Gasteiger partial charge in [-0.1, -0.05) is 41.9 Å². The molecule has 2 atom stereocenters. The molecule has 1 heterocycles. The van der Waals surface area contributed by atoms with Gasteiger partial charge in [-0.3, -0.25) is 4.79 Å². The molecule has 1 aromatic heterocycles. The minimum atomic E-state index is -0.0319. The zero-order valence-electron chi connectivity index (χ0n) is 12.9. The van der Waals surface area contributed by atoms with E-state index in [1.54, 1.807) is 10.9 Å². The van der Waals surface area contributed by atoms with Gasteiger partial charge in [-0.25, -0.2) is 4.68 Å². The van der Waals surface area contributed by atoms with Gasteiger partial charge in [-0.15, -0.1) is 0 Å². The summed E-state index contributed by atoms with van der Waals surface area (Å²) >= 11 is 6.24. The van der Waals surface area contributed by atoms with Crippen molar-refractivity contribution in [3.8, 4) is 5.69 Å². The van der Waals surface area contributed by atoms with Gasteiger partial charge in [0.05, 0.1) is 11.4 Å². The van der Waals surface area contributed by atoms with E-state index in [0.29, 0.717) is 0 Å². The Kier molecular flexibility index (Phi) is 3.82. The lowest BCUT2D eigenvalue weighted by Crippen LogP contribution is -2.16. The lowest BCUT2D eigenvalue weighted by atomic mass is 10.1. The molecule has 2 aromatic carbocycles. The maximum atomic E-state index is 12.6. The van der Waals surface area contributed by atoms with Crippen molar-refractivity contribution in [3.05, 3.63) is 77.6 Å². The highest BCUT2D eigenvalue weighted by molar-refractivity contribution is 6.31. The molecule has 0 aliphatic heterocycles. The summed E-state index contributed by atoms with van der Waals surface area (Å²) < 4.78 is 1.74. The first kappa shape index (κ1) is 15.0. The summed E-state index contributed by atoms with van der Waals surface area (Å²) in [6, 6.07) is 17.2. The number of hydrogen-bond donors (Lipinski definition) is 1.